The molecule has 1 aromatic carbocycles. The van der Waals surface area contributed by atoms with Gasteiger partial charge in [-0.15, -0.1) is 0 Å². The van der Waals surface area contributed by atoms with Gasteiger partial charge in [-0.25, -0.2) is 0 Å². The van der Waals surface area contributed by atoms with Crippen LogP contribution in [0.2, 0.25) is 0 Å². The van der Waals surface area contributed by atoms with Crippen molar-refractivity contribution in [3.8, 4) is 0 Å². The van der Waals surface area contributed by atoms with Gasteiger partial charge >= 0.3 is 0 Å². The highest BCUT2D eigenvalue weighted by Gasteiger charge is 2.77. The fourth-order valence-electron chi connectivity index (χ4n) is 9.78. The number of carbonyl (C=O) groups excluding carboxylic acids is 4. The molecule has 5 aliphatic carbocycles. The molecule has 3 heterocycles. The van der Waals surface area contributed by atoms with Gasteiger partial charge in [0.15, 0.2) is 0 Å². The molecule has 8 aliphatic rings. The van der Waals surface area contributed by atoms with E-state index < -0.39 is 22.2 Å². The third-order valence-electron chi connectivity index (χ3n) is 12.4. The van der Waals surface area contributed by atoms with Gasteiger partial charge in [-0.05, 0) is 68.8 Å². The highest BCUT2D eigenvalue weighted by molar-refractivity contribution is 6.02. The van der Waals surface area contributed by atoms with Crippen LogP contribution >= 0.6 is 0 Å². The molecular formula is C34H38N4O4. The average molecular weight is 567 g/mol. The van der Waals surface area contributed by atoms with Gasteiger partial charge < -0.3 is 20.4 Å². The number of piperidine rings is 2. The SMILES string of the molecule is O=C1CC2(C[C@@H]2C2=CC=CCC2)NC(=O)C23CC2CCN3C(=O)C23CC2CCN3C(=O)CC2(CC2c2ccccc2)N1. The Morgan fingerprint density at radius 2 is 1.48 bits per heavy atom. The maximum atomic E-state index is 14.4. The average Bonchev–Trinajstić information content (AvgIpc) is 3.95. The van der Waals surface area contributed by atoms with Gasteiger partial charge in [-0.2, -0.15) is 0 Å². The van der Waals surface area contributed by atoms with Crippen LogP contribution in [-0.4, -0.2) is 68.7 Å². The maximum Gasteiger partial charge on any atom is 0.249 e. The van der Waals surface area contributed by atoms with E-state index in [2.05, 4.69) is 41.0 Å². The maximum absolute atomic E-state index is 14.4. The van der Waals surface area contributed by atoms with Gasteiger partial charge in [0, 0.05) is 24.9 Å². The summed E-state index contributed by atoms with van der Waals surface area (Å²) in [5, 5.41) is 6.77. The molecule has 42 heavy (non-hydrogen) atoms. The van der Waals surface area contributed by atoms with E-state index in [9.17, 15) is 19.2 Å². The number of nitrogens with zero attached hydrogens (tertiary/aromatic N) is 2. The summed E-state index contributed by atoms with van der Waals surface area (Å²) < 4.78 is 0. The van der Waals surface area contributed by atoms with Crippen LogP contribution in [0.4, 0.5) is 0 Å². The first-order valence-electron chi connectivity index (χ1n) is 16.0. The zero-order valence-electron chi connectivity index (χ0n) is 23.9. The molecule has 3 saturated heterocycles. The second kappa shape index (κ2) is 8.14. The first-order valence-corrected chi connectivity index (χ1v) is 16.0. The van der Waals surface area contributed by atoms with Crippen molar-refractivity contribution in [3.05, 3.63) is 59.7 Å². The minimum absolute atomic E-state index is 0.0134. The van der Waals surface area contributed by atoms with Gasteiger partial charge in [0.1, 0.15) is 11.1 Å². The number of nitrogens with one attached hydrogen (secondary N) is 2. The van der Waals surface area contributed by atoms with Crippen molar-refractivity contribution in [3.63, 3.8) is 0 Å². The lowest BCUT2D eigenvalue weighted by atomic mass is 9.95. The molecule has 8 heteroatoms. The summed E-state index contributed by atoms with van der Waals surface area (Å²) in [6, 6.07) is 10.1. The van der Waals surface area contributed by atoms with E-state index in [1.807, 2.05) is 28.0 Å². The zero-order chi connectivity index (χ0) is 28.5. The molecule has 1 aromatic rings. The Bertz CT molecular complexity index is 1500. The van der Waals surface area contributed by atoms with Crippen LogP contribution in [0, 0.1) is 17.8 Å². The number of hydrogen-bond donors (Lipinski definition) is 2. The lowest BCUT2D eigenvalue weighted by molar-refractivity contribution is -0.151. The molecule has 8 atom stereocenters. The Balaban J connectivity index is 1.10. The van der Waals surface area contributed by atoms with Crippen LogP contribution in [0.1, 0.15) is 75.7 Å². The molecule has 218 valence electrons. The van der Waals surface area contributed by atoms with Crippen molar-refractivity contribution >= 4 is 23.6 Å². The lowest BCUT2D eigenvalue weighted by Gasteiger charge is -2.37. The minimum Gasteiger partial charge on any atom is -0.349 e. The van der Waals surface area contributed by atoms with E-state index in [0.29, 0.717) is 32.4 Å². The van der Waals surface area contributed by atoms with Gasteiger partial charge in [0.05, 0.1) is 23.9 Å². The minimum atomic E-state index is -0.825. The van der Waals surface area contributed by atoms with Crippen molar-refractivity contribution in [2.45, 2.75) is 92.3 Å². The van der Waals surface area contributed by atoms with Crippen LogP contribution in [0.15, 0.2) is 54.1 Å². The Morgan fingerprint density at radius 1 is 0.762 bits per heavy atom. The van der Waals surface area contributed by atoms with Crippen LogP contribution < -0.4 is 10.6 Å². The van der Waals surface area contributed by atoms with E-state index in [1.165, 1.54) is 5.57 Å². The number of hydrogen-bond acceptors (Lipinski definition) is 4. The third-order valence-corrected chi connectivity index (χ3v) is 12.4. The van der Waals surface area contributed by atoms with Gasteiger partial charge in [0.2, 0.25) is 23.6 Å². The predicted octanol–water partition coefficient (Wildman–Crippen LogP) is 2.96. The van der Waals surface area contributed by atoms with E-state index in [0.717, 1.165) is 37.7 Å². The van der Waals surface area contributed by atoms with Gasteiger partial charge in [-0.3, -0.25) is 19.2 Å². The lowest BCUT2D eigenvalue weighted by Crippen LogP contribution is -2.60. The summed E-state index contributed by atoms with van der Waals surface area (Å²) in [5.74, 6) is 0.243. The molecule has 2 N–H and O–H groups in total. The largest absolute Gasteiger partial charge is 0.349 e. The van der Waals surface area contributed by atoms with E-state index in [4.69, 9.17) is 0 Å². The van der Waals surface area contributed by atoms with Crippen LogP contribution in [0.25, 0.3) is 0 Å². The Hall–Kier alpha value is -3.42. The van der Waals surface area contributed by atoms with Crippen LogP contribution in [-0.2, 0) is 19.2 Å². The van der Waals surface area contributed by atoms with Crippen LogP contribution in [0.5, 0.6) is 0 Å². The number of amides is 4. The monoisotopic (exact) mass is 566 g/mol. The molecule has 0 radical (unpaired) electrons. The number of rotatable bonds is 2. The molecule has 7 fully saturated rings. The van der Waals surface area contributed by atoms with Crippen molar-refractivity contribution in [2.24, 2.45) is 17.8 Å². The van der Waals surface area contributed by atoms with E-state index in [1.54, 1.807) is 0 Å². The molecule has 8 nitrogen and oxygen atoms in total. The smallest absolute Gasteiger partial charge is 0.249 e. The molecule has 7 unspecified atom stereocenters. The number of allylic oxidation sites excluding steroid dienone is 3. The Labute approximate surface area is 245 Å². The first kappa shape index (κ1) is 25.1. The predicted molar refractivity (Wildman–Crippen MR) is 154 cm³/mol. The highest BCUT2D eigenvalue weighted by atomic mass is 16.2. The zero-order valence-corrected chi connectivity index (χ0v) is 23.9. The van der Waals surface area contributed by atoms with E-state index >= 15 is 0 Å². The molecule has 4 saturated carbocycles. The van der Waals surface area contributed by atoms with Crippen LogP contribution in [0.3, 0.4) is 0 Å². The standard InChI is InChI=1S/C34H38N4O4/c39-27-19-31(17-25(31)21-7-3-1-4-8-21)36-29(41)33-15-23(33)12-14-38(33)30(42)34-16-24(34)11-13-37(34)28(40)20-32(35-27)18-26(32)22-9-5-2-6-10-22/h1-3,5-7,9-10,23-26H,4,8,11-20H2,(H,35,39)(H,36,41)/t23?,24?,25-,26?,31?,32?,33?,34?/m1/s1. The highest BCUT2D eigenvalue weighted by Crippen LogP contribution is 2.64. The Morgan fingerprint density at radius 3 is 2.21 bits per heavy atom. The summed E-state index contributed by atoms with van der Waals surface area (Å²) in [6.07, 6.45) is 13.1. The second-order valence-corrected chi connectivity index (χ2v) is 14.5. The fraction of sp³-hybridized carbons (Fsp3) is 0.588. The number of carbonyl (C=O) groups is 4. The summed E-state index contributed by atoms with van der Waals surface area (Å²) in [5.41, 5.74) is -0.551. The summed E-state index contributed by atoms with van der Waals surface area (Å²) in [6.45, 7) is 1.14. The van der Waals surface area contributed by atoms with Gasteiger partial charge in [-0.1, -0.05) is 54.1 Å². The quantitative estimate of drug-likeness (QED) is 0.575. The third kappa shape index (κ3) is 3.29. The summed E-state index contributed by atoms with van der Waals surface area (Å²) in [7, 11) is 0. The molecule has 3 aliphatic heterocycles. The van der Waals surface area contributed by atoms with Gasteiger partial charge in [0.25, 0.3) is 0 Å². The van der Waals surface area contributed by atoms with Crippen molar-refractivity contribution < 1.29 is 19.2 Å². The molecule has 4 amide bonds. The summed E-state index contributed by atoms with van der Waals surface area (Å²) in [4.78, 5) is 60.5. The second-order valence-electron chi connectivity index (χ2n) is 14.5. The number of benzene rings is 1. The van der Waals surface area contributed by atoms with Crippen molar-refractivity contribution in [1.82, 2.24) is 20.4 Å². The molecule has 4 spiro atoms. The van der Waals surface area contributed by atoms with Crippen molar-refractivity contribution in [2.75, 3.05) is 13.1 Å². The molecular weight excluding hydrogens is 528 g/mol. The van der Waals surface area contributed by atoms with E-state index in [-0.39, 0.29) is 60.1 Å². The Kier molecular flexibility index (Phi) is 4.87. The molecule has 0 bridgehead atoms. The summed E-state index contributed by atoms with van der Waals surface area (Å²) >= 11 is 0. The fourth-order valence-corrected chi connectivity index (χ4v) is 9.78. The van der Waals surface area contributed by atoms with Crippen molar-refractivity contribution in [1.29, 1.82) is 0 Å². The topological polar surface area (TPSA) is 98.8 Å². The molecule has 0 aromatic heterocycles. The molecule has 9 rings (SSSR count). The first-order chi connectivity index (χ1) is 20.3. The normalized spacial score (nSPS) is 44.9.